The summed E-state index contributed by atoms with van der Waals surface area (Å²) in [6.07, 6.45) is 0. The van der Waals surface area contributed by atoms with E-state index in [0.717, 1.165) is 61.1 Å². The van der Waals surface area contributed by atoms with E-state index in [-0.39, 0.29) is 0 Å². The molecule has 14 rings (SSSR count). The minimum atomic E-state index is -0.549. The van der Waals surface area contributed by atoms with Crippen LogP contribution >= 0.6 is 0 Å². The molecule has 0 N–H and O–H groups in total. The maximum absolute atomic E-state index is 6.62. The van der Waals surface area contributed by atoms with Crippen LogP contribution in [0.15, 0.2) is 277 Å². The van der Waals surface area contributed by atoms with Gasteiger partial charge in [-0.3, -0.25) is 0 Å². The van der Waals surface area contributed by atoms with E-state index in [2.05, 4.69) is 278 Å². The third-order valence-corrected chi connectivity index (χ3v) is 14.9. The van der Waals surface area contributed by atoms with Crippen molar-refractivity contribution in [2.24, 2.45) is 0 Å². The maximum Gasteiger partial charge on any atom is 0.143 e. The van der Waals surface area contributed by atoms with Gasteiger partial charge in [-0.25, -0.2) is 0 Å². The first-order valence-electron chi connectivity index (χ1n) is 24.5. The van der Waals surface area contributed by atoms with E-state index in [1.165, 1.54) is 66.2 Å². The molecule has 2 nitrogen and oxygen atoms in total. The molecule has 0 saturated heterocycles. The van der Waals surface area contributed by atoms with Crippen molar-refractivity contribution in [3.8, 4) is 44.5 Å². The Hall–Kier alpha value is -9.24. The summed E-state index contributed by atoms with van der Waals surface area (Å²) in [7, 11) is 0. The topological polar surface area (TPSA) is 16.4 Å². The van der Waals surface area contributed by atoms with Gasteiger partial charge in [0.05, 0.1) is 11.1 Å². The second-order valence-electron chi connectivity index (χ2n) is 18.7. The monoisotopic (exact) mass is 903 g/mol. The smallest absolute Gasteiger partial charge is 0.143 e. The van der Waals surface area contributed by atoms with Gasteiger partial charge >= 0.3 is 0 Å². The standard InChI is InChI=1S/C69H45NO/c1-3-22-52(23-4-1)69(53-24-5-2-6-25-53)64-31-13-11-29-60(64)61-41-39-55(45-65(61)69)70(54-37-33-46(34-38-54)49-20-15-21-50(43-49)57-30-16-19-47-17-7-9-26-56(47)57)66-32-14-12-27-58(66)51-36-42-67-63(44-51)62-40-35-48-18-8-10-28-59(48)68(62)71-67/h1-45H. The molecule has 1 aliphatic carbocycles. The SMILES string of the molecule is c1ccc(C2(c3ccccc3)c3ccccc3-c3ccc(N(c4ccc(-c5cccc(-c6cccc7ccccc67)c5)cc4)c4ccccc4-c4ccc5oc6c7ccccc7ccc6c5c4)cc32)cc1. The summed E-state index contributed by atoms with van der Waals surface area (Å²) >= 11 is 0. The van der Waals surface area contributed by atoms with Crippen LogP contribution in [0.4, 0.5) is 17.1 Å². The number of hydrogen-bond acceptors (Lipinski definition) is 2. The molecule has 0 radical (unpaired) electrons. The van der Waals surface area contributed by atoms with E-state index in [4.69, 9.17) is 4.42 Å². The minimum absolute atomic E-state index is 0.549. The van der Waals surface area contributed by atoms with E-state index in [0.29, 0.717) is 0 Å². The number of rotatable bonds is 8. The van der Waals surface area contributed by atoms with Crippen LogP contribution in [-0.4, -0.2) is 0 Å². The molecular formula is C69H45NO. The fourth-order valence-corrected chi connectivity index (χ4v) is 11.7. The number of benzene rings is 12. The Morgan fingerprint density at radius 1 is 0.296 bits per heavy atom. The summed E-state index contributed by atoms with van der Waals surface area (Å²) in [4.78, 5) is 2.46. The number of nitrogens with zero attached hydrogens (tertiary/aromatic N) is 1. The molecule has 71 heavy (non-hydrogen) atoms. The Balaban J connectivity index is 0.963. The lowest BCUT2D eigenvalue weighted by atomic mass is 9.67. The van der Waals surface area contributed by atoms with Crippen molar-refractivity contribution < 1.29 is 4.42 Å². The summed E-state index contributed by atoms with van der Waals surface area (Å²) in [6, 6.07) is 100.0. The third-order valence-electron chi connectivity index (χ3n) is 14.9. The Kier molecular flexibility index (Phi) is 9.47. The van der Waals surface area contributed by atoms with Gasteiger partial charge in [-0.1, -0.05) is 218 Å². The van der Waals surface area contributed by atoms with Gasteiger partial charge in [0.2, 0.25) is 0 Å². The van der Waals surface area contributed by atoms with E-state index in [1.807, 2.05) is 0 Å². The maximum atomic E-state index is 6.62. The van der Waals surface area contributed by atoms with Gasteiger partial charge in [0.1, 0.15) is 11.2 Å². The van der Waals surface area contributed by atoms with Crippen molar-refractivity contribution in [1.29, 1.82) is 0 Å². The summed E-state index contributed by atoms with van der Waals surface area (Å²) in [5.41, 5.74) is 19.0. The zero-order valence-corrected chi connectivity index (χ0v) is 38.8. The lowest BCUT2D eigenvalue weighted by Crippen LogP contribution is -2.28. The molecule has 0 unspecified atom stereocenters. The number of fused-ring (bicyclic) bond motifs is 9. The summed E-state index contributed by atoms with van der Waals surface area (Å²) < 4.78 is 6.62. The van der Waals surface area contributed by atoms with Crippen LogP contribution in [0, 0.1) is 0 Å². The van der Waals surface area contributed by atoms with Crippen LogP contribution in [0.5, 0.6) is 0 Å². The number of hydrogen-bond donors (Lipinski definition) is 0. The number of para-hydroxylation sites is 1. The van der Waals surface area contributed by atoms with E-state index in [1.54, 1.807) is 0 Å². The molecule has 2 heteroatoms. The molecule has 0 fully saturated rings. The first-order valence-corrected chi connectivity index (χ1v) is 24.5. The predicted molar refractivity (Wildman–Crippen MR) is 297 cm³/mol. The summed E-state index contributed by atoms with van der Waals surface area (Å²) in [6.45, 7) is 0. The van der Waals surface area contributed by atoms with Crippen LogP contribution in [0.3, 0.4) is 0 Å². The van der Waals surface area contributed by atoms with E-state index in [9.17, 15) is 0 Å². The quantitative estimate of drug-likeness (QED) is 0.151. The van der Waals surface area contributed by atoms with Gasteiger partial charge in [0, 0.05) is 33.1 Å². The number of furan rings is 1. The molecule has 0 aliphatic heterocycles. The van der Waals surface area contributed by atoms with E-state index >= 15 is 0 Å². The predicted octanol–water partition coefficient (Wildman–Crippen LogP) is 18.7. The van der Waals surface area contributed by atoms with E-state index < -0.39 is 5.41 Å². The van der Waals surface area contributed by atoms with Crippen molar-refractivity contribution in [2.75, 3.05) is 4.90 Å². The van der Waals surface area contributed by atoms with Crippen LogP contribution in [0.25, 0.3) is 88.0 Å². The molecular weight excluding hydrogens is 859 g/mol. The van der Waals surface area contributed by atoms with Crippen LogP contribution in [0.2, 0.25) is 0 Å². The Morgan fingerprint density at radius 3 is 1.68 bits per heavy atom. The largest absolute Gasteiger partial charge is 0.455 e. The van der Waals surface area contributed by atoms with Crippen molar-refractivity contribution in [1.82, 2.24) is 0 Å². The summed E-state index contributed by atoms with van der Waals surface area (Å²) in [5, 5.41) is 7.01. The molecule has 1 heterocycles. The van der Waals surface area contributed by atoms with Crippen LogP contribution in [-0.2, 0) is 5.41 Å². The summed E-state index contributed by atoms with van der Waals surface area (Å²) in [5.74, 6) is 0. The molecule has 0 spiro atoms. The highest BCUT2D eigenvalue weighted by Gasteiger charge is 2.46. The molecule has 0 saturated carbocycles. The average Bonchev–Trinajstić information content (AvgIpc) is 3.98. The molecule has 0 atom stereocenters. The van der Waals surface area contributed by atoms with Gasteiger partial charge < -0.3 is 9.32 Å². The molecule has 0 amide bonds. The average molecular weight is 904 g/mol. The molecule has 12 aromatic carbocycles. The molecule has 1 aliphatic rings. The van der Waals surface area contributed by atoms with Crippen LogP contribution in [0.1, 0.15) is 22.3 Å². The van der Waals surface area contributed by atoms with Crippen molar-refractivity contribution in [3.63, 3.8) is 0 Å². The second-order valence-corrected chi connectivity index (χ2v) is 18.7. The Labute approximate surface area is 413 Å². The first-order chi connectivity index (χ1) is 35.2. The zero-order chi connectivity index (χ0) is 46.9. The Morgan fingerprint density at radius 2 is 0.873 bits per heavy atom. The van der Waals surface area contributed by atoms with Gasteiger partial charge in [-0.05, 0) is 132 Å². The second kappa shape index (κ2) is 16.5. The normalized spacial score (nSPS) is 12.6. The highest BCUT2D eigenvalue weighted by atomic mass is 16.3. The zero-order valence-electron chi connectivity index (χ0n) is 38.8. The fraction of sp³-hybridized carbons (Fsp3) is 0.0145. The number of anilines is 3. The van der Waals surface area contributed by atoms with Crippen molar-refractivity contribution in [3.05, 3.63) is 295 Å². The van der Waals surface area contributed by atoms with Gasteiger partial charge in [0.15, 0.2) is 0 Å². The fourth-order valence-electron chi connectivity index (χ4n) is 11.7. The lowest BCUT2D eigenvalue weighted by molar-refractivity contribution is 0.672. The highest BCUT2D eigenvalue weighted by Crippen LogP contribution is 2.57. The third kappa shape index (κ3) is 6.49. The first kappa shape index (κ1) is 40.8. The van der Waals surface area contributed by atoms with Crippen molar-refractivity contribution in [2.45, 2.75) is 5.41 Å². The van der Waals surface area contributed by atoms with Gasteiger partial charge in [0.25, 0.3) is 0 Å². The van der Waals surface area contributed by atoms with Crippen molar-refractivity contribution >= 4 is 60.5 Å². The van der Waals surface area contributed by atoms with Gasteiger partial charge in [-0.2, -0.15) is 0 Å². The lowest BCUT2D eigenvalue weighted by Gasteiger charge is -2.35. The minimum Gasteiger partial charge on any atom is -0.455 e. The molecule has 332 valence electrons. The molecule has 13 aromatic rings. The highest BCUT2D eigenvalue weighted by molar-refractivity contribution is 6.16. The molecule has 0 bridgehead atoms. The van der Waals surface area contributed by atoms with Gasteiger partial charge in [-0.15, -0.1) is 0 Å². The Bertz CT molecular complexity index is 4120. The molecule has 1 aromatic heterocycles. The van der Waals surface area contributed by atoms with Crippen LogP contribution < -0.4 is 4.90 Å².